The van der Waals surface area contributed by atoms with Crippen molar-refractivity contribution in [3.8, 4) is 0 Å². The topological polar surface area (TPSA) is 62.5 Å². The lowest BCUT2D eigenvalue weighted by Crippen LogP contribution is -2.36. The van der Waals surface area contributed by atoms with Crippen molar-refractivity contribution in [2.75, 3.05) is 7.05 Å². The summed E-state index contributed by atoms with van der Waals surface area (Å²) in [5, 5.41) is 10.2. The molecule has 156 valence electrons. The Balaban J connectivity index is 0.00000392. The van der Waals surface area contributed by atoms with Crippen molar-refractivity contribution in [3.05, 3.63) is 52.9 Å². The van der Waals surface area contributed by atoms with E-state index >= 15 is 0 Å². The van der Waals surface area contributed by atoms with Crippen LogP contribution >= 0.6 is 24.0 Å². The number of aliphatic imine (C=N–C) groups is 1. The van der Waals surface area contributed by atoms with Gasteiger partial charge in [0.05, 0.1) is 17.8 Å². The van der Waals surface area contributed by atoms with Gasteiger partial charge in [-0.2, -0.15) is 13.2 Å². The third kappa shape index (κ3) is 6.99. The Bertz CT molecular complexity index is 758. The molecule has 1 aromatic heterocycles. The highest BCUT2D eigenvalue weighted by Gasteiger charge is 2.30. The number of nitrogens with zero attached hydrogens (tertiary/aromatic N) is 2. The van der Waals surface area contributed by atoms with Crippen LogP contribution in [0.5, 0.6) is 0 Å². The summed E-state index contributed by atoms with van der Waals surface area (Å²) >= 11 is 0. The molecule has 5 nitrogen and oxygen atoms in total. The third-order valence-electron chi connectivity index (χ3n) is 4.35. The predicted molar refractivity (Wildman–Crippen MR) is 114 cm³/mol. The maximum Gasteiger partial charge on any atom is 0.416 e. The van der Waals surface area contributed by atoms with Gasteiger partial charge in [-0.05, 0) is 30.5 Å². The fourth-order valence-electron chi connectivity index (χ4n) is 2.75. The number of benzene rings is 1. The number of hydrogen-bond acceptors (Lipinski definition) is 3. The van der Waals surface area contributed by atoms with Crippen LogP contribution < -0.4 is 10.6 Å². The SMILES string of the molecule is CCC(CC)c1cc(CNC(=NC)NCc2cccc(C(F)(F)F)c2)on1.I. The maximum atomic E-state index is 12.8. The van der Waals surface area contributed by atoms with E-state index in [0.717, 1.165) is 30.7 Å². The highest BCUT2D eigenvalue weighted by molar-refractivity contribution is 14.0. The van der Waals surface area contributed by atoms with Crippen LogP contribution in [0.4, 0.5) is 13.2 Å². The molecule has 0 aliphatic carbocycles. The number of hydrogen-bond donors (Lipinski definition) is 2. The largest absolute Gasteiger partial charge is 0.416 e. The van der Waals surface area contributed by atoms with Gasteiger partial charge in [0, 0.05) is 25.6 Å². The average molecular weight is 510 g/mol. The summed E-state index contributed by atoms with van der Waals surface area (Å²) in [7, 11) is 1.59. The molecule has 0 aliphatic rings. The highest BCUT2D eigenvalue weighted by atomic mass is 127. The molecule has 9 heteroatoms. The van der Waals surface area contributed by atoms with E-state index in [9.17, 15) is 13.2 Å². The Morgan fingerprint density at radius 3 is 2.43 bits per heavy atom. The first-order valence-corrected chi connectivity index (χ1v) is 8.93. The Morgan fingerprint density at radius 2 is 1.82 bits per heavy atom. The van der Waals surface area contributed by atoms with Gasteiger partial charge in [0.25, 0.3) is 0 Å². The highest BCUT2D eigenvalue weighted by Crippen LogP contribution is 2.29. The minimum atomic E-state index is -4.35. The smallest absolute Gasteiger partial charge is 0.359 e. The lowest BCUT2D eigenvalue weighted by molar-refractivity contribution is -0.137. The quantitative estimate of drug-likeness (QED) is 0.310. The van der Waals surface area contributed by atoms with Gasteiger partial charge in [0.1, 0.15) is 0 Å². The molecule has 0 saturated heterocycles. The lowest BCUT2D eigenvalue weighted by Gasteiger charge is -2.12. The number of aromatic nitrogens is 1. The van der Waals surface area contributed by atoms with Gasteiger partial charge in [-0.15, -0.1) is 24.0 Å². The molecule has 1 aromatic carbocycles. The minimum Gasteiger partial charge on any atom is -0.359 e. The summed E-state index contributed by atoms with van der Waals surface area (Å²) in [6.45, 7) is 4.83. The van der Waals surface area contributed by atoms with Gasteiger partial charge >= 0.3 is 6.18 Å². The molecule has 0 aliphatic heterocycles. The third-order valence-corrected chi connectivity index (χ3v) is 4.35. The minimum absolute atomic E-state index is 0. The molecule has 0 bridgehead atoms. The zero-order valence-electron chi connectivity index (χ0n) is 16.1. The van der Waals surface area contributed by atoms with Crippen LogP contribution in [0.1, 0.15) is 55.2 Å². The fraction of sp³-hybridized carbons (Fsp3) is 0.474. The maximum absolute atomic E-state index is 12.8. The second-order valence-electron chi connectivity index (χ2n) is 6.21. The molecule has 0 unspecified atom stereocenters. The Hall–Kier alpha value is -1.78. The van der Waals surface area contributed by atoms with E-state index in [2.05, 4.69) is 34.6 Å². The van der Waals surface area contributed by atoms with Crippen molar-refractivity contribution < 1.29 is 17.7 Å². The van der Waals surface area contributed by atoms with Gasteiger partial charge in [-0.3, -0.25) is 4.99 Å². The molecule has 0 fully saturated rings. The summed E-state index contributed by atoms with van der Waals surface area (Å²) < 4.78 is 43.7. The fourth-order valence-corrected chi connectivity index (χ4v) is 2.75. The van der Waals surface area contributed by atoms with Crippen molar-refractivity contribution in [2.45, 2.75) is 51.9 Å². The zero-order valence-corrected chi connectivity index (χ0v) is 18.5. The normalized spacial score (nSPS) is 12.0. The lowest BCUT2D eigenvalue weighted by atomic mass is 9.99. The molecule has 2 rings (SSSR count). The first-order chi connectivity index (χ1) is 12.9. The molecule has 0 spiro atoms. The Morgan fingerprint density at radius 1 is 1.14 bits per heavy atom. The monoisotopic (exact) mass is 510 g/mol. The van der Waals surface area contributed by atoms with E-state index in [0.29, 0.717) is 29.7 Å². The number of alkyl halides is 3. The van der Waals surface area contributed by atoms with Crippen molar-refractivity contribution in [3.63, 3.8) is 0 Å². The van der Waals surface area contributed by atoms with Gasteiger partial charge in [0.15, 0.2) is 11.7 Å². The summed E-state index contributed by atoms with van der Waals surface area (Å²) in [4.78, 5) is 4.07. The van der Waals surface area contributed by atoms with Crippen molar-refractivity contribution in [2.24, 2.45) is 4.99 Å². The summed E-state index contributed by atoms with van der Waals surface area (Å²) in [6.07, 6.45) is -2.36. The second-order valence-corrected chi connectivity index (χ2v) is 6.21. The standard InChI is InChI=1S/C19H25F3N4O.HI/c1-4-14(5-2)17-10-16(27-26-17)12-25-18(23-3)24-11-13-7-6-8-15(9-13)19(20,21)22;/h6-10,14H,4-5,11-12H2,1-3H3,(H2,23,24,25);1H. The van der Waals surface area contributed by atoms with Crippen LogP contribution in [0.25, 0.3) is 0 Å². The van der Waals surface area contributed by atoms with E-state index < -0.39 is 11.7 Å². The summed E-state index contributed by atoms with van der Waals surface area (Å²) in [6, 6.07) is 7.12. The van der Waals surface area contributed by atoms with Crippen molar-refractivity contribution in [1.29, 1.82) is 0 Å². The molecule has 0 amide bonds. The van der Waals surface area contributed by atoms with Crippen LogP contribution in [0.15, 0.2) is 39.8 Å². The molecule has 0 atom stereocenters. The van der Waals surface area contributed by atoms with Crippen LogP contribution in [0.3, 0.4) is 0 Å². The number of nitrogens with one attached hydrogen (secondary N) is 2. The van der Waals surface area contributed by atoms with Gasteiger partial charge in [0.2, 0.25) is 0 Å². The van der Waals surface area contributed by atoms with E-state index in [1.807, 2.05) is 6.07 Å². The summed E-state index contributed by atoms with van der Waals surface area (Å²) in [5.41, 5.74) is 0.785. The molecular formula is C19H26F3IN4O. The van der Waals surface area contributed by atoms with Gasteiger partial charge < -0.3 is 15.2 Å². The Labute approximate surface area is 180 Å². The van der Waals surface area contributed by atoms with Gasteiger partial charge in [-0.1, -0.05) is 31.1 Å². The molecule has 2 N–H and O–H groups in total. The first kappa shape index (κ1) is 24.3. The van der Waals surface area contributed by atoms with Gasteiger partial charge in [-0.25, -0.2) is 0 Å². The van der Waals surface area contributed by atoms with Crippen LogP contribution in [0.2, 0.25) is 0 Å². The van der Waals surface area contributed by atoms with E-state index in [4.69, 9.17) is 4.52 Å². The summed E-state index contributed by atoms with van der Waals surface area (Å²) in [5.74, 6) is 1.52. The van der Waals surface area contributed by atoms with E-state index in [1.165, 1.54) is 6.07 Å². The average Bonchev–Trinajstić information content (AvgIpc) is 3.11. The molecular weight excluding hydrogens is 484 g/mol. The van der Waals surface area contributed by atoms with Crippen LogP contribution in [-0.2, 0) is 19.3 Å². The molecule has 0 radical (unpaired) electrons. The number of halogens is 4. The zero-order chi connectivity index (χ0) is 19.9. The van der Waals surface area contributed by atoms with E-state index in [-0.39, 0.29) is 30.5 Å². The van der Waals surface area contributed by atoms with Crippen LogP contribution in [0, 0.1) is 0 Å². The molecule has 28 heavy (non-hydrogen) atoms. The number of rotatable bonds is 7. The van der Waals surface area contributed by atoms with Crippen LogP contribution in [-0.4, -0.2) is 18.2 Å². The van der Waals surface area contributed by atoms with Crippen molar-refractivity contribution in [1.82, 2.24) is 15.8 Å². The second kappa shape index (κ2) is 11.3. The predicted octanol–water partition coefficient (Wildman–Crippen LogP) is 5.08. The Kier molecular flexibility index (Phi) is 9.77. The number of guanidine groups is 1. The molecule has 2 aromatic rings. The van der Waals surface area contributed by atoms with Crippen molar-refractivity contribution >= 4 is 29.9 Å². The molecule has 0 saturated carbocycles. The molecule has 1 heterocycles. The van der Waals surface area contributed by atoms with E-state index in [1.54, 1.807) is 13.1 Å². The first-order valence-electron chi connectivity index (χ1n) is 8.93.